The van der Waals surface area contributed by atoms with Gasteiger partial charge in [-0.1, -0.05) is 29.8 Å². The van der Waals surface area contributed by atoms with Crippen molar-refractivity contribution in [2.45, 2.75) is 13.0 Å². The Labute approximate surface area is 111 Å². The number of amides is 1. The zero-order chi connectivity index (χ0) is 12.8. The fourth-order valence-electron chi connectivity index (χ4n) is 1.58. The predicted octanol–water partition coefficient (Wildman–Crippen LogP) is 2.59. The monoisotopic (exact) mass is 260 g/mol. The zero-order valence-corrected chi connectivity index (χ0v) is 10.5. The first kappa shape index (κ1) is 12.6. The van der Waals surface area contributed by atoms with Crippen molar-refractivity contribution >= 4 is 17.5 Å². The van der Waals surface area contributed by atoms with Crippen molar-refractivity contribution in [2.24, 2.45) is 0 Å². The van der Waals surface area contributed by atoms with E-state index in [2.05, 4.69) is 10.3 Å². The second-order valence-electron chi connectivity index (χ2n) is 3.90. The molecule has 1 aromatic heterocycles. The molecule has 3 nitrogen and oxygen atoms in total. The molecule has 0 unspecified atom stereocenters. The molecule has 0 saturated heterocycles. The molecule has 1 amide bonds. The minimum absolute atomic E-state index is 0.0267. The van der Waals surface area contributed by atoms with E-state index in [0.29, 0.717) is 18.0 Å². The first-order chi connectivity index (χ1) is 8.75. The van der Waals surface area contributed by atoms with Crippen LogP contribution in [0.5, 0.6) is 0 Å². The van der Waals surface area contributed by atoms with Gasteiger partial charge in [-0.2, -0.15) is 0 Å². The number of nitrogens with zero attached hydrogens (tertiary/aromatic N) is 1. The first-order valence-corrected chi connectivity index (χ1v) is 6.02. The van der Waals surface area contributed by atoms with Crippen molar-refractivity contribution in [1.29, 1.82) is 0 Å². The van der Waals surface area contributed by atoms with Gasteiger partial charge in [0.2, 0.25) is 5.91 Å². The molecular weight excluding hydrogens is 248 g/mol. The molecule has 1 N–H and O–H groups in total. The number of aromatic nitrogens is 1. The van der Waals surface area contributed by atoms with E-state index in [1.54, 1.807) is 12.4 Å². The van der Waals surface area contributed by atoms with Gasteiger partial charge in [-0.3, -0.25) is 9.78 Å². The number of hydrogen-bond donors (Lipinski definition) is 1. The predicted molar refractivity (Wildman–Crippen MR) is 71.2 cm³/mol. The molecule has 0 radical (unpaired) electrons. The Bertz CT molecular complexity index is 528. The van der Waals surface area contributed by atoms with Gasteiger partial charge in [-0.05, 0) is 29.3 Å². The summed E-state index contributed by atoms with van der Waals surface area (Å²) in [4.78, 5) is 15.6. The highest BCUT2D eigenvalue weighted by Gasteiger charge is 2.04. The van der Waals surface area contributed by atoms with Gasteiger partial charge in [0.05, 0.1) is 6.42 Å². The topological polar surface area (TPSA) is 42.0 Å². The van der Waals surface area contributed by atoms with E-state index >= 15 is 0 Å². The van der Waals surface area contributed by atoms with Gasteiger partial charge >= 0.3 is 0 Å². The van der Waals surface area contributed by atoms with Gasteiger partial charge in [0, 0.05) is 24.0 Å². The molecule has 4 heteroatoms. The maximum absolute atomic E-state index is 11.7. The number of carbonyl (C=O) groups excluding carboxylic acids is 1. The van der Waals surface area contributed by atoms with E-state index in [1.807, 2.05) is 36.4 Å². The highest BCUT2D eigenvalue weighted by molar-refractivity contribution is 6.31. The summed E-state index contributed by atoms with van der Waals surface area (Å²) in [6.45, 7) is 0.448. The number of benzene rings is 1. The average Bonchev–Trinajstić information content (AvgIpc) is 2.39. The van der Waals surface area contributed by atoms with Crippen LogP contribution >= 0.6 is 11.6 Å². The summed E-state index contributed by atoms with van der Waals surface area (Å²) >= 11 is 6.01. The Morgan fingerprint density at radius 2 is 1.89 bits per heavy atom. The van der Waals surface area contributed by atoms with Crippen LogP contribution in [-0.2, 0) is 17.8 Å². The summed E-state index contributed by atoms with van der Waals surface area (Å²) in [5.41, 5.74) is 1.86. The Hall–Kier alpha value is -1.87. The molecule has 0 bridgehead atoms. The van der Waals surface area contributed by atoms with Crippen molar-refractivity contribution in [1.82, 2.24) is 10.3 Å². The molecule has 0 saturated carbocycles. The molecule has 0 aliphatic heterocycles. The highest BCUT2D eigenvalue weighted by atomic mass is 35.5. The molecule has 0 spiro atoms. The molecule has 0 fully saturated rings. The van der Waals surface area contributed by atoms with Gasteiger partial charge in [0.25, 0.3) is 0 Å². The van der Waals surface area contributed by atoms with Crippen LogP contribution in [0.4, 0.5) is 0 Å². The van der Waals surface area contributed by atoms with Crippen LogP contribution in [0.15, 0.2) is 48.8 Å². The van der Waals surface area contributed by atoms with Gasteiger partial charge < -0.3 is 5.32 Å². The van der Waals surface area contributed by atoms with Crippen LogP contribution in [0.3, 0.4) is 0 Å². The van der Waals surface area contributed by atoms with Crippen LogP contribution in [0.25, 0.3) is 0 Å². The second-order valence-corrected chi connectivity index (χ2v) is 4.31. The Balaban J connectivity index is 1.88. The van der Waals surface area contributed by atoms with E-state index in [4.69, 9.17) is 11.6 Å². The van der Waals surface area contributed by atoms with Crippen LogP contribution in [0.1, 0.15) is 11.1 Å². The van der Waals surface area contributed by atoms with Crippen molar-refractivity contribution in [2.75, 3.05) is 0 Å². The molecule has 2 aromatic rings. The van der Waals surface area contributed by atoms with E-state index in [1.165, 1.54) is 0 Å². The maximum atomic E-state index is 11.7. The molecule has 0 aliphatic carbocycles. The van der Waals surface area contributed by atoms with E-state index in [9.17, 15) is 4.79 Å². The average molecular weight is 261 g/mol. The molecule has 1 heterocycles. The third kappa shape index (κ3) is 3.57. The lowest BCUT2D eigenvalue weighted by atomic mass is 10.2. The number of hydrogen-bond acceptors (Lipinski definition) is 2. The minimum atomic E-state index is -0.0267. The van der Waals surface area contributed by atoms with Gasteiger partial charge in [-0.15, -0.1) is 0 Å². The lowest BCUT2D eigenvalue weighted by Crippen LogP contribution is -2.24. The number of nitrogens with one attached hydrogen (secondary N) is 1. The summed E-state index contributed by atoms with van der Waals surface area (Å²) < 4.78 is 0. The molecule has 2 rings (SSSR count). The summed E-state index contributed by atoms with van der Waals surface area (Å²) in [5, 5.41) is 3.51. The third-order valence-corrected chi connectivity index (χ3v) is 2.92. The van der Waals surface area contributed by atoms with E-state index in [0.717, 1.165) is 11.1 Å². The molecule has 92 valence electrons. The summed E-state index contributed by atoms with van der Waals surface area (Å²) in [5.74, 6) is -0.0267. The number of rotatable bonds is 4. The third-order valence-electron chi connectivity index (χ3n) is 2.55. The standard InChI is InChI=1S/C14H13ClN2O/c15-13-4-2-1-3-12(13)10-17-14(18)9-11-5-7-16-8-6-11/h1-8H,9-10H2,(H,17,18). The van der Waals surface area contributed by atoms with Crippen molar-refractivity contribution < 1.29 is 4.79 Å². The fraction of sp³-hybridized carbons (Fsp3) is 0.143. The van der Waals surface area contributed by atoms with Crippen molar-refractivity contribution in [3.05, 3.63) is 64.9 Å². The van der Waals surface area contributed by atoms with Crippen LogP contribution in [-0.4, -0.2) is 10.9 Å². The fourth-order valence-corrected chi connectivity index (χ4v) is 1.79. The maximum Gasteiger partial charge on any atom is 0.224 e. The Morgan fingerprint density at radius 3 is 2.61 bits per heavy atom. The SMILES string of the molecule is O=C(Cc1ccncc1)NCc1ccccc1Cl. The van der Waals surface area contributed by atoms with Crippen LogP contribution in [0.2, 0.25) is 5.02 Å². The number of carbonyl (C=O) groups is 1. The molecule has 18 heavy (non-hydrogen) atoms. The smallest absolute Gasteiger partial charge is 0.224 e. The van der Waals surface area contributed by atoms with Crippen molar-refractivity contribution in [3.63, 3.8) is 0 Å². The van der Waals surface area contributed by atoms with E-state index in [-0.39, 0.29) is 5.91 Å². The zero-order valence-electron chi connectivity index (χ0n) is 9.77. The van der Waals surface area contributed by atoms with Crippen LogP contribution in [0, 0.1) is 0 Å². The Kier molecular flexibility index (Phi) is 4.31. The summed E-state index contributed by atoms with van der Waals surface area (Å²) in [6, 6.07) is 11.1. The largest absolute Gasteiger partial charge is 0.352 e. The Morgan fingerprint density at radius 1 is 1.17 bits per heavy atom. The second kappa shape index (κ2) is 6.17. The van der Waals surface area contributed by atoms with Crippen molar-refractivity contribution in [3.8, 4) is 0 Å². The molecule has 0 aliphatic rings. The van der Waals surface area contributed by atoms with Gasteiger partial charge in [-0.25, -0.2) is 0 Å². The molecule has 1 aromatic carbocycles. The van der Waals surface area contributed by atoms with Gasteiger partial charge in [0.15, 0.2) is 0 Å². The summed E-state index contributed by atoms with van der Waals surface area (Å²) in [6.07, 6.45) is 3.71. The normalized spacial score (nSPS) is 10.1. The minimum Gasteiger partial charge on any atom is -0.352 e. The van der Waals surface area contributed by atoms with Gasteiger partial charge in [0.1, 0.15) is 0 Å². The highest BCUT2D eigenvalue weighted by Crippen LogP contribution is 2.14. The summed E-state index contributed by atoms with van der Waals surface area (Å²) in [7, 11) is 0. The quantitative estimate of drug-likeness (QED) is 0.918. The van der Waals surface area contributed by atoms with Crippen LogP contribution < -0.4 is 5.32 Å². The number of halogens is 1. The molecule has 0 atom stereocenters. The van der Waals surface area contributed by atoms with E-state index < -0.39 is 0 Å². The number of pyridine rings is 1. The first-order valence-electron chi connectivity index (χ1n) is 5.65. The molecular formula is C14H13ClN2O. The lowest BCUT2D eigenvalue weighted by molar-refractivity contribution is -0.120. The lowest BCUT2D eigenvalue weighted by Gasteiger charge is -2.06.